The molecule has 0 aliphatic heterocycles. The van der Waals surface area contributed by atoms with Crippen molar-refractivity contribution < 1.29 is 22.8 Å². The zero-order valence-electron chi connectivity index (χ0n) is 14.0. The van der Waals surface area contributed by atoms with Gasteiger partial charge in [0.05, 0.1) is 12.1 Å². The highest BCUT2D eigenvalue weighted by atomic mass is 19.1. The number of ether oxygens (including phenoxy) is 1. The second-order valence-corrected chi connectivity index (χ2v) is 5.59. The first-order valence-corrected chi connectivity index (χ1v) is 7.90. The maximum atomic E-state index is 13.8. The van der Waals surface area contributed by atoms with Gasteiger partial charge in [0.25, 0.3) is 5.91 Å². The van der Waals surface area contributed by atoms with Crippen molar-refractivity contribution in [1.82, 2.24) is 10.1 Å². The van der Waals surface area contributed by atoms with Crippen LogP contribution < -0.4 is 4.74 Å². The van der Waals surface area contributed by atoms with E-state index in [2.05, 4.69) is 5.16 Å². The fourth-order valence-electron chi connectivity index (χ4n) is 2.29. The molecule has 0 atom stereocenters. The molecule has 3 aromatic rings. The van der Waals surface area contributed by atoms with E-state index in [1.54, 1.807) is 25.2 Å². The van der Waals surface area contributed by atoms with Crippen LogP contribution in [0.3, 0.4) is 0 Å². The Labute approximate surface area is 148 Å². The molecule has 0 bridgehead atoms. The van der Waals surface area contributed by atoms with Gasteiger partial charge in [0.2, 0.25) is 0 Å². The molecule has 0 aliphatic rings. The van der Waals surface area contributed by atoms with Crippen LogP contribution in [0.5, 0.6) is 5.75 Å². The van der Waals surface area contributed by atoms with Crippen molar-refractivity contribution in [3.8, 4) is 17.1 Å². The van der Waals surface area contributed by atoms with Crippen LogP contribution in [0.4, 0.5) is 8.78 Å². The van der Waals surface area contributed by atoms with Crippen LogP contribution in [-0.2, 0) is 0 Å². The minimum absolute atomic E-state index is 0.0764. The summed E-state index contributed by atoms with van der Waals surface area (Å²) in [5, 5.41) is 3.72. The molecule has 0 spiro atoms. The lowest BCUT2D eigenvalue weighted by molar-refractivity contribution is 0.0763. The molecule has 2 aromatic carbocycles. The molecule has 26 heavy (non-hydrogen) atoms. The van der Waals surface area contributed by atoms with Crippen molar-refractivity contribution in [2.75, 3.05) is 20.2 Å². The van der Waals surface area contributed by atoms with Gasteiger partial charge in [0.1, 0.15) is 24.0 Å². The van der Waals surface area contributed by atoms with Crippen molar-refractivity contribution >= 4 is 5.91 Å². The molecule has 134 valence electrons. The zero-order chi connectivity index (χ0) is 18.5. The Morgan fingerprint density at radius 1 is 1.15 bits per heavy atom. The van der Waals surface area contributed by atoms with E-state index in [4.69, 9.17) is 9.26 Å². The van der Waals surface area contributed by atoms with E-state index >= 15 is 0 Å². The summed E-state index contributed by atoms with van der Waals surface area (Å²) in [5.41, 5.74) is 0.314. The zero-order valence-corrected chi connectivity index (χ0v) is 14.0. The quantitative estimate of drug-likeness (QED) is 0.673. The number of rotatable bonds is 6. The second-order valence-electron chi connectivity index (χ2n) is 5.59. The van der Waals surface area contributed by atoms with E-state index in [0.717, 1.165) is 0 Å². The number of hydrogen-bond acceptors (Lipinski definition) is 4. The molecular weight excluding hydrogens is 342 g/mol. The number of carbonyl (C=O) groups excluding carboxylic acids is 1. The summed E-state index contributed by atoms with van der Waals surface area (Å²) in [6.45, 7) is 0.518. The molecule has 0 unspecified atom stereocenters. The summed E-state index contributed by atoms with van der Waals surface area (Å²) in [6.07, 6.45) is 0. The molecule has 1 aromatic heterocycles. The Kier molecular flexibility index (Phi) is 5.26. The number of carbonyl (C=O) groups is 1. The molecule has 1 amide bonds. The van der Waals surface area contributed by atoms with Crippen LogP contribution in [0.15, 0.2) is 59.1 Å². The monoisotopic (exact) mass is 358 g/mol. The van der Waals surface area contributed by atoms with E-state index < -0.39 is 5.82 Å². The van der Waals surface area contributed by atoms with Crippen LogP contribution >= 0.6 is 0 Å². The average molecular weight is 358 g/mol. The van der Waals surface area contributed by atoms with Gasteiger partial charge >= 0.3 is 0 Å². The minimum Gasteiger partial charge on any atom is -0.492 e. The summed E-state index contributed by atoms with van der Waals surface area (Å²) >= 11 is 0. The second kappa shape index (κ2) is 7.77. The number of aromatic nitrogens is 1. The number of hydrogen-bond donors (Lipinski definition) is 0. The third-order valence-electron chi connectivity index (χ3n) is 3.72. The van der Waals surface area contributed by atoms with Crippen LogP contribution in [0.25, 0.3) is 11.3 Å². The summed E-state index contributed by atoms with van der Waals surface area (Å²) in [4.78, 5) is 13.8. The van der Waals surface area contributed by atoms with E-state index in [-0.39, 0.29) is 41.9 Å². The standard InChI is InChI=1S/C19H16F2N2O3/c1-23(10-11-25-14-8-6-13(20)7-9-14)19(24)17-12-18(26-22-17)15-4-2-3-5-16(15)21/h2-9,12H,10-11H2,1H3. The smallest absolute Gasteiger partial charge is 0.275 e. The lowest BCUT2D eigenvalue weighted by Gasteiger charge is -2.15. The van der Waals surface area contributed by atoms with Gasteiger partial charge in [-0.3, -0.25) is 4.79 Å². The number of nitrogens with zero attached hydrogens (tertiary/aromatic N) is 2. The van der Waals surface area contributed by atoms with Crippen molar-refractivity contribution in [2.24, 2.45) is 0 Å². The molecule has 1 heterocycles. The van der Waals surface area contributed by atoms with Crippen LogP contribution in [0.2, 0.25) is 0 Å². The minimum atomic E-state index is -0.455. The summed E-state index contributed by atoms with van der Waals surface area (Å²) in [5.74, 6) is -0.484. The van der Waals surface area contributed by atoms with Crippen molar-refractivity contribution in [1.29, 1.82) is 0 Å². The Balaban J connectivity index is 1.58. The Morgan fingerprint density at radius 2 is 1.88 bits per heavy atom. The van der Waals surface area contributed by atoms with Gasteiger partial charge in [0, 0.05) is 13.1 Å². The van der Waals surface area contributed by atoms with Gasteiger partial charge in [-0.1, -0.05) is 17.3 Å². The topological polar surface area (TPSA) is 55.6 Å². The summed E-state index contributed by atoms with van der Waals surface area (Å²) in [6, 6.07) is 13.1. The van der Waals surface area contributed by atoms with Gasteiger partial charge in [-0.25, -0.2) is 8.78 Å². The summed E-state index contributed by atoms with van der Waals surface area (Å²) < 4.78 is 37.1. The van der Waals surface area contributed by atoms with Gasteiger partial charge in [-0.2, -0.15) is 0 Å². The highest BCUT2D eigenvalue weighted by molar-refractivity contribution is 5.92. The molecule has 0 radical (unpaired) electrons. The van der Waals surface area contributed by atoms with E-state index in [1.165, 1.54) is 41.3 Å². The molecule has 0 fully saturated rings. The van der Waals surface area contributed by atoms with Crippen molar-refractivity contribution in [3.05, 3.63) is 71.9 Å². The van der Waals surface area contributed by atoms with Crippen LogP contribution in [0, 0.1) is 11.6 Å². The number of likely N-dealkylation sites (N-methyl/N-ethyl adjacent to an activating group) is 1. The Bertz CT molecular complexity index is 894. The molecule has 0 saturated heterocycles. The van der Waals surface area contributed by atoms with E-state index in [0.29, 0.717) is 5.75 Å². The molecule has 0 saturated carbocycles. The third-order valence-corrected chi connectivity index (χ3v) is 3.72. The van der Waals surface area contributed by atoms with Gasteiger partial charge in [-0.15, -0.1) is 0 Å². The molecular formula is C19H16F2N2O3. The first kappa shape index (κ1) is 17.6. The molecule has 3 rings (SSSR count). The largest absolute Gasteiger partial charge is 0.492 e. The van der Waals surface area contributed by atoms with Gasteiger partial charge in [0.15, 0.2) is 11.5 Å². The highest BCUT2D eigenvalue weighted by Gasteiger charge is 2.19. The lowest BCUT2D eigenvalue weighted by atomic mass is 10.1. The van der Waals surface area contributed by atoms with Crippen molar-refractivity contribution in [2.45, 2.75) is 0 Å². The number of amides is 1. The van der Waals surface area contributed by atoms with Gasteiger partial charge < -0.3 is 14.2 Å². The maximum absolute atomic E-state index is 13.8. The van der Waals surface area contributed by atoms with Crippen molar-refractivity contribution in [3.63, 3.8) is 0 Å². The highest BCUT2D eigenvalue weighted by Crippen LogP contribution is 2.23. The fourth-order valence-corrected chi connectivity index (χ4v) is 2.29. The predicted octanol–water partition coefficient (Wildman–Crippen LogP) is 3.77. The Hall–Kier alpha value is -3.22. The summed E-state index contributed by atoms with van der Waals surface area (Å²) in [7, 11) is 1.59. The normalized spacial score (nSPS) is 10.6. The maximum Gasteiger partial charge on any atom is 0.275 e. The van der Waals surface area contributed by atoms with Crippen LogP contribution in [0.1, 0.15) is 10.5 Å². The fraction of sp³-hybridized carbons (Fsp3) is 0.158. The molecule has 7 heteroatoms. The average Bonchev–Trinajstić information content (AvgIpc) is 3.13. The first-order chi connectivity index (χ1) is 12.5. The third kappa shape index (κ3) is 4.05. The molecule has 0 aliphatic carbocycles. The first-order valence-electron chi connectivity index (χ1n) is 7.90. The SMILES string of the molecule is CN(CCOc1ccc(F)cc1)C(=O)c1cc(-c2ccccc2F)on1. The molecule has 5 nitrogen and oxygen atoms in total. The predicted molar refractivity (Wildman–Crippen MR) is 90.8 cm³/mol. The number of halogens is 2. The van der Waals surface area contributed by atoms with E-state index in [9.17, 15) is 13.6 Å². The van der Waals surface area contributed by atoms with Gasteiger partial charge in [-0.05, 0) is 36.4 Å². The molecule has 0 N–H and O–H groups in total. The lowest BCUT2D eigenvalue weighted by Crippen LogP contribution is -2.31. The van der Waals surface area contributed by atoms with E-state index in [1.807, 2.05) is 0 Å². The number of benzene rings is 2. The Morgan fingerprint density at radius 3 is 2.62 bits per heavy atom. The van der Waals surface area contributed by atoms with Crippen LogP contribution in [-0.4, -0.2) is 36.2 Å².